The maximum Gasteiger partial charge on any atom is 0.408 e. The van der Waals surface area contributed by atoms with Gasteiger partial charge in [-0.05, 0) is 40.0 Å². The van der Waals surface area contributed by atoms with E-state index in [-0.39, 0.29) is 11.9 Å². The Morgan fingerprint density at radius 2 is 1.90 bits per heavy atom. The Bertz CT molecular complexity index is 358. The van der Waals surface area contributed by atoms with Gasteiger partial charge in [0, 0.05) is 19.1 Å². The molecule has 0 saturated carbocycles. The van der Waals surface area contributed by atoms with E-state index >= 15 is 0 Å². The standard InChI is InChI=1S/C15H29N3O3/c1-5-6-12(17-14(20)21-15(2,3)4)13(19)18-9-7-11(16)8-10-18/h11-12H,5-10,16H2,1-4H3,(H,17,20)/t12-/m1/s1. The van der Waals surface area contributed by atoms with Crippen LogP contribution in [0.5, 0.6) is 0 Å². The molecule has 1 aliphatic heterocycles. The van der Waals surface area contributed by atoms with Crippen LogP contribution in [0, 0.1) is 0 Å². The second-order valence-electron chi connectivity index (χ2n) is 6.65. The lowest BCUT2D eigenvalue weighted by Crippen LogP contribution is -2.52. The van der Waals surface area contributed by atoms with E-state index in [9.17, 15) is 9.59 Å². The van der Waals surface area contributed by atoms with Crippen molar-refractivity contribution in [2.24, 2.45) is 5.73 Å². The average molecular weight is 299 g/mol. The van der Waals surface area contributed by atoms with Crippen molar-refractivity contribution in [1.29, 1.82) is 0 Å². The second kappa shape index (κ2) is 7.64. The van der Waals surface area contributed by atoms with Crippen molar-refractivity contribution in [3.8, 4) is 0 Å². The molecule has 1 rings (SSSR count). The number of nitrogens with one attached hydrogen (secondary N) is 1. The number of hydrogen-bond donors (Lipinski definition) is 2. The number of hydrogen-bond acceptors (Lipinski definition) is 4. The molecule has 6 heteroatoms. The number of amides is 2. The molecule has 1 heterocycles. The quantitative estimate of drug-likeness (QED) is 0.826. The third-order valence-corrected chi connectivity index (χ3v) is 3.42. The van der Waals surface area contributed by atoms with Crippen molar-refractivity contribution in [3.63, 3.8) is 0 Å². The summed E-state index contributed by atoms with van der Waals surface area (Å²) in [5.41, 5.74) is 5.29. The molecule has 1 fully saturated rings. The number of nitrogens with two attached hydrogens (primary N) is 1. The molecule has 6 nitrogen and oxygen atoms in total. The van der Waals surface area contributed by atoms with Crippen molar-refractivity contribution in [1.82, 2.24) is 10.2 Å². The molecule has 21 heavy (non-hydrogen) atoms. The van der Waals surface area contributed by atoms with Gasteiger partial charge in [-0.15, -0.1) is 0 Å². The summed E-state index contributed by atoms with van der Waals surface area (Å²) in [6.07, 6.45) is 2.52. The Hall–Kier alpha value is -1.30. The fourth-order valence-corrected chi connectivity index (χ4v) is 2.34. The molecular weight excluding hydrogens is 270 g/mol. The van der Waals surface area contributed by atoms with E-state index in [0.29, 0.717) is 19.5 Å². The zero-order chi connectivity index (χ0) is 16.0. The van der Waals surface area contributed by atoms with E-state index in [1.165, 1.54) is 0 Å². The van der Waals surface area contributed by atoms with Gasteiger partial charge in [-0.25, -0.2) is 4.79 Å². The summed E-state index contributed by atoms with van der Waals surface area (Å²) >= 11 is 0. The highest BCUT2D eigenvalue weighted by molar-refractivity contribution is 5.85. The van der Waals surface area contributed by atoms with Gasteiger partial charge in [0.05, 0.1) is 0 Å². The van der Waals surface area contributed by atoms with Crippen molar-refractivity contribution >= 4 is 12.0 Å². The van der Waals surface area contributed by atoms with Crippen LogP contribution in [0.25, 0.3) is 0 Å². The fraction of sp³-hybridized carbons (Fsp3) is 0.867. The second-order valence-corrected chi connectivity index (χ2v) is 6.65. The Morgan fingerprint density at radius 3 is 2.38 bits per heavy atom. The van der Waals surface area contributed by atoms with Crippen LogP contribution >= 0.6 is 0 Å². The van der Waals surface area contributed by atoms with Crippen LogP contribution in [0.3, 0.4) is 0 Å². The topological polar surface area (TPSA) is 84.7 Å². The molecule has 1 aliphatic rings. The number of nitrogens with zero attached hydrogens (tertiary/aromatic N) is 1. The highest BCUT2D eigenvalue weighted by Crippen LogP contribution is 2.13. The molecule has 0 aromatic heterocycles. The predicted octanol–water partition coefficient (Wildman–Crippen LogP) is 1.63. The van der Waals surface area contributed by atoms with Crippen LogP contribution in [0.1, 0.15) is 53.4 Å². The van der Waals surface area contributed by atoms with Crippen molar-refractivity contribution in [2.45, 2.75) is 71.1 Å². The zero-order valence-electron chi connectivity index (χ0n) is 13.6. The Balaban J connectivity index is 2.59. The number of likely N-dealkylation sites (tertiary alicyclic amines) is 1. The third kappa shape index (κ3) is 6.33. The van der Waals surface area contributed by atoms with Crippen LogP contribution in [-0.4, -0.2) is 47.7 Å². The molecule has 0 aromatic rings. The lowest BCUT2D eigenvalue weighted by Gasteiger charge is -2.33. The van der Waals surface area contributed by atoms with Gasteiger partial charge < -0.3 is 20.7 Å². The van der Waals surface area contributed by atoms with Crippen LogP contribution in [0.2, 0.25) is 0 Å². The lowest BCUT2D eigenvalue weighted by atomic mass is 10.0. The van der Waals surface area contributed by atoms with Gasteiger partial charge in [0.25, 0.3) is 0 Å². The zero-order valence-corrected chi connectivity index (χ0v) is 13.6. The van der Waals surface area contributed by atoms with E-state index in [1.54, 1.807) is 25.7 Å². The molecule has 1 atom stereocenters. The number of ether oxygens (including phenoxy) is 1. The lowest BCUT2D eigenvalue weighted by molar-refractivity contribution is -0.134. The van der Waals surface area contributed by atoms with Crippen LogP contribution in [-0.2, 0) is 9.53 Å². The molecule has 0 radical (unpaired) electrons. The van der Waals surface area contributed by atoms with Crippen molar-refractivity contribution in [3.05, 3.63) is 0 Å². The summed E-state index contributed by atoms with van der Waals surface area (Å²) in [5, 5.41) is 2.70. The largest absolute Gasteiger partial charge is 0.444 e. The maximum absolute atomic E-state index is 12.5. The van der Waals surface area contributed by atoms with E-state index in [2.05, 4.69) is 5.32 Å². The molecule has 1 saturated heterocycles. The number of rotatable bonds is 4. The molecule has 0 aromatic carbocycles. The number of alkyl carbamates (subject to hydrolysis) is 1. The van der Waals surface area contributed by atoms with E-state index in [4.69, 9.17) is 10.5 Å². The van der Waals surface area contributed by atoms with Crippen LogP contribution in [0.4, 0.5) is 4.79 Å². The van der Waals surface area contributed by atoms with Gasteiger partial charge in [-0.3, -0.25) is 4.79 Å². The number of carbonyl (C=O) groups excluding carboxylic acids is 2. The molecule has 0 bridgehead atoms. The molecule has 0 unspecified atom stereocenters. The first-order chi connectivity index (χ1) is 9.73. The molecule has 2 amide bonds. The summed E-state index contributed by atoms with van der Waals surface area (Å²) in [4.78, 5) is 26.2. The summed E-state index contributed by atoms with van der Waals surface area (Å²) in [5.74, 6) is -0.0328. The average Bonchev–Trinajstić information content (AvgIpc) is 2.36. The summed E-state index contributed by atoms with van der Waals surface area (Å²) in [7, 11) is 0. The molecule has 0 aliphatic carbocycles. The minimum Gasteiger partial charge on any atom is -0.444 e. The van der Waals surface area contributed by atoms with Crippen LogP contribution in [0.15, 0.2) is 0 Å². The summed E-state index contributed by atoms with van der Waals surface area (Å²) in [6.45, 7) is 8.72. The van der Waals surface area contributed by atoms with E-state index in [1.807, 2.05) is 6.92 Å². The first-order valence-electron chi connectivity index (χ1n) is 7.77. The maximum atomic E-state index is 12.5. The van der Waals surface area contributed by atoms with Gasteiger partial charge in [-0.2, -0.15) is 0 Å². The fourth-order valence-electron chi connectivity index (χ4n) is 2.34. The van der Waals surface area contributed by atoms with Gasteiger partial charge >= 0.3 is 6.09 Å². The minimum absolute atomic E-state index is 0.0328. The van der Waals surface area contributed by atoms with Crippen LogP contribution < -0.4 is 11.1 Å². The normalized spacial score (nSPS) is 18.2. The highest BCUT2D eigenvalue weighted by atomic mass is 16.6. The molecule has 122 valence electrons. The van der Waals surface area contributed by atoms with Gasteiger partial charge in [-0.1, -0.05) is 13.3 Å². The highest BCUT2D eigenvalue weighted by Gasteiger charge is 2.29. The van der Waals surface area contributed by atoms with E-state index in [0.717, 1.165) is 19.3 Å². The van der Waals surface area contributed by atoms with Gasteiger partial charge in [0.1, 0.15) is 11.6 Å². The van der Waals surface area contributed by atoms with E-state index < -0.39 is 17.7 Å². The minimum atomic E-state index is -0.568. The first-order valence-corrected chi connectivity index (χ1v) is 7.77. The van der Waals surface area contributed by atoms with Crippen molar-refractivity contribution in [2.75, 3.05) is 13.1 Å². The van der Waals surface area contributed by atoms with Crippen molar-refractivity contribution < 1.29 is 14.3 Å². The molecule has 3 N–H and O–H groups in total. The Labute approximate surface area is 127 Å². The SMILES string of the molecule is CCC[C@@H](NC(=O)OC(C)(C)C)C(=O)N1CCC(N)CC1. The summed E-state index contributed by atoms with van der Waals surface area (Å²) < 4.78 is 5.23. The Morgan fingerprint density at radius 1 is 1.33 bits per heavy atom. The Kier molecular flexibility index (Phi) is 6.45. The number of carbonyl (C=O) groups is 2. The monoisotopic (exact) mass is 299 g/mol. The number of piperidine rings is 1. The first kappa shape index (κ1) is 17.8. The predicted molar refractivity (Wildman–Crippen MR) is 81.9 cm³/mol. The van der Waals surface area contributed by atoms with Gasteiger partial charge in [0.15, 0.2) is 0 Å². The summed E-state index contributed by atoms with van der Waals surface area (Å²) in [6, 6.07) is -0.336. The third-order valence-electron chi connectivity index (χ3n) is 3.42. The smallest absolute Gasteiger partial charge is 0.408 e. The van der Waals surface area contributed by atoms with Gasteiger partial charge in [0.2, 0.25) is 5.91 Å². The molecule has 0 spiro atoms. The molecular formula is C15H29N3O3.